The van der Waals surface area contributed by atoms with Crippen molar-refractivity contribution in [3.05, 3.63) is 40.1 Å². The Bertz CT molecular complexity index is 805. The van der Waals surface area contributed by atoms with Crippen LogP contribution in [0.5, 0.6) is 0 Å². The Morgan fingerprint density at radius 3 is 2.14 bits per heavy atom. The molecule has 2 heterocycles. The predicted octanol–water partition coefficient (Wildman–Crippen LogP) is 5.22. The van der Waals surface area contributed by atoms with Crippen LogP contribution in [0, 0.1) is 20.8 Å². The van der Waals surface area contributed by atoms with E-state index in [4.69, 9.17) is 14.7 Å². The normalized spacial score (nSPS) is 12.9. The molecule has 152 valence electrons. The molecule has 28 heavy (non-hydrogen) atoms. The van der Waals surface area contributed by atoms with Gasteiger partial charge in [0.2, 0.25) is 5.95 Å². The molecule has 5 nitrogen and oxygen atoms in total. The zero-order valence-corrected chi connectivity index (χ0v) is 18.3. The van der Waals surface area contributed by atoms with Gasteiger partial charge in [0, 0.05) is 30.9 Å². The molecule has 0 spiro atoms. The molecule has 0 bridgehead atoms. The van der Waals surface area contributed by atoms with Crippen molar-refractivity contribution in [3.63, 3.8) is 0 Å². The Labute approximate surface area is 169 Å². The second-order valence-corrected chi connectivity index (χ2v) is 7.74. The number of ether oxygens (including phenoxy) is 1. The van der Waals surface area contributed by atoms with E-state index < -0.39 is 0 Å². The molecule has 0 N–H and O–H groups in total. The van der Waals surface area contributed by atoms with E-state index in [0.717, 1.165) is 49.9 Å². The summed E-state index contributed by atoms with van der Waals surface area (Å²) in [5.74, 6) is 1.84. The van der Waals surface area contributed by atoms with E-state index in [1.807, 2.05) is 0 Å². The second-order valence-electron chi connectivity index (χ2n) is 7.74. The molecule has 5 heteroatoms. The van der Waals surface area contributed by atoms with E-state index in [0.29, 0.717) is 13.2 Å². The average molecular weight is 383 g/mol. The van der Waals surface area contributed by atoms with Crippen molar-refractivity contribution in [3.8, 4) is 0 Å². The quantitative estimate of drug-likeness (QED) is 0.626. The maximum atomic E-state index is 5.75. The van der Waals surface area contributed by atoms with Crippen LogP contribution < -0.4 is 9.80 Å². The summed E-state index contributed by atoms with van der Waals surface area (Å²) in [6.45, 7) is 17.1. The maximum Gasteiger partial charge on any atom is 0.232 e. The van der Waals surface area contributed by atoms with Gasteiger partial charge in [-0.05, 0) is 51.7 Å². The molecule has 2 aromatic rings. The van der Waals surface area contributed by atoms with Gasteiger partial charge in [0.1, 0.15) is 5.82 Å². The minimum absolute atomic E-state index is 0.577. The average Bonchev–Trinajstić information content (AvgIpc) is 3.12. The molecule has 0 aliphatic carbocycles. The third kappa shape index (κ3) is 4.00. The van der Waals surface area contributed by atoms with Crippen molar-refractivity contribution in [2.24, 2.45) is 0 Å². The zero-order valence-electron chi connectivity index (χ0n) is 18.3. The number of hydrogen-bond donors (Lipinski definition) is 0. The van der Waals surface area contributed by atoms with E-state index in [1.54, 1.807) is 0 Å². The van der Waals surface area contributed by atoms with Gasteiger partial charge in [-0.1, -0.05) is 31.5 Å². The van der Waals surface area contributed by atoms with Gasteiger partial charge in [0.25, 0.3) is 0 Å². The van der Waals surface area contributed by atoms with E-state index >= 15 is 0 Å². The molecule has 0 radical (unpaired) electrons. The van der Waals surface area contributed by atoms with Crippen LogP contribution in [0.1, 0.15) is 61.6 Å². The van der Waals surface area contributed by atoms with Gasteiger partial charge in [0.05, 0.1) is 18.9 Å². The molecule has 0 atom stereocenters. The smallest absolute Gasteiger partial charge is 0.232 e. The Balaban J connectivity index is 2.12. The molecule has 1 aliphatic rings. The lowest BCUT2D eigenvalue weighted by Gasteiger charge is -2.29. The standard InChI is InChI=1S/C23H34N4O/c1-7-10-26(11-8-2)22-19-14-28-15-20(19)24-23(25-22)27(9-3)21-17(5)12-16(4)13-18(21)6/h12-13H,7-11,14-15H2,1-6H3. The topological polar surface area (TPSA) is 41.5 Å². The third-order valence-corrected chi connectivity index (χ3v) is 5.29. The van der Waals surface area contributed by atoms with E-state index in [-0.39, 0.29) is 0 Å². The highest BCUT2D eigenvalue weighted by molar-refractivity contribution is 5.68. The summed E-state index contributed by atoms with van der Waals surface area (Å²) < 4.78 is 5.75. The number of rotatable bonds is 8. The first-order valence-electron chi connectivity index (χ1n) is 10.6. The fourth-order valence-electron chi connectivity index (χ4n) is 4.26. The summed E-state index contributed by atoms with van der Waals surface area (Å²) in [4.78, 5) is 14.7. The third-order valence-electron chi connectivity index (χ3n) is 5.29. The highest BCUT2D eigenvalue weighted by Crippen LogP contribution is 2.35. The molecule has 3 rings (SSSR count). The summed E-state index contributed by atoms with van der Waals surface area (Å²) in [6.07, 6.45) is 2.20. The number of benzene rings is 1. The van der Waals surface area contributed by atoms with E-state index in [2.05, 4.69) is 63.5 Å². The molecule has 0 unspecified atom stereocenters. The summed E-state index contributed by atoms with van der Waals surface area (Å²) in [5.41, 5.74) is 7.24. The zero-order chi connectivity index (χ0) is 20.3. The first kappa shape index (κ1) is 20.6. The summed E-state index contributed by atoms with van der Waals surface area (Å²) >= 11 is 0. The number of nitrogens with zero attached hydrogens (tertiary/aromatic N) is 4. The largest absolute Gasteiger partial charge is 0.370 e. The Morgan fingerprint density at radius 2 is 1.57 bits per heavy atom. The van der Waals surface area contributed by atoms with Gasteiger partial charge in [-0.15, -0.1) is 0 Å². The summed E-state index contributed by atoms with van der Waals surface area (Å²) in [6, 6.07) is 4.48. The minimum Gasteiger partial charge on any atom is -0.370 e. The van der Waals surface area contributed by atoms with Crippen LogP contribution in [0.3, 0.4) is 0 Å². The van der Waals surface area contributed by atoms with Crippen molar-refractivity contribution in [1.82, 2.24) is 9.97 Å². The molecular weight excluding hydrogens is 348 g/mol. The first-order chi connectivity index (χ1) is 13.5. The van der Waals surface area contributed by atoms with Crippen molar-refractivity contribution >= 4 is 17.5 Å². The van der Waals surface area contributed by atoms with Crippen LogP contribution in [0.4, 0.5) is 17.5 Å². The number of fused-ring (bicyclic) bond motifs is 1. The highest BCUT2D eigenvalue weighted by atomic mass is 16.5. The van der Waals surface area contributed by atoms with Gasteiger partial charge < -0.3 is 14.5 Å². The van der Waals surface area contributed by atoms with Crippen LogP contribution >= 0.6 is 0 Å². The Morgan fingerprint density at radius 1 is 0.929 bits per heavy atom. The van der Waals surface area contributed by atoms with E-state index in [9.17, 15) is 0 Å². The lowest BCUT2D eigenvalue weighted by molar-refractivity contribution is 0.133. The van der Waals surface area contributed by atoms with Crippen LogP contribution in [0.15, 0.2) is 12.1 Å². The SMILES string of the molecule is CCCN(CCC)c1nc(N(CC)c2c(C)cc(C)cc2C)nc2c1COC2. The van der Waals surface area contributed by atoms with Crippen LogP contribution in [-0.2, 0) is 18.0 Å². The fraction of sp³-hybridized carbons (Fsp3) is 0.565. The maximum absolute atomic E-state index is 5.75. The Hall–Kier alpha value is -2.14. The van der Waals surface area contributed by atoms with Gasteiger partial charge in [0.15, 0.2) is 0 Å². The number of aryl methyl sites for hydroxylation is 3. The van der Waals surface area contributed by atoms with Crippen LogP contribution in [0.2, 0.25) is 0 Å². The van der Waals surface area contributed by atoms with Gasteiger partial charge >= 0.3 is 0 Å². The Kier molecular flexibility index (Phi) is 6.55. The van der Waals surface area contributed by atoms with Crippen LogP contribution in [0.25, 0.3) is 0 Å². The molecule has 1 aromatic heterocycles. The molecule has 0 fully saturated rings. The molecular formula is C23H34N4O. The summed E-state index contributed by atoms with van der Waals surface area (Å²) in [5, 5.41) is 0. The number of aromatic nitrogens is 2. The molecule has 0 saturated heterocycles. The fourth-order valence-corrected chi connectivity index (χ4v) is 4.26. The molecule has 1 aromatic carbocycles. The van der Waals surface area contributed by atoms with Crippen molar-refractivity contribution < 1.29 is 4.74 Å². The minimum atomic E-state index is 0.577. The van der Waals surface area contributed by atoms with Gasteiger partial charge in [-0.2, -0.15) is 4.98 Å². The van der Waals surface area contributed by atoms with Gasteiger partial charge in [-0.25, -0.2) is 4.98 Å². The summed E-state index contributed by atoms with van der Waals surface area (Å²) in [7, 11) is 0. The second kappa shape index (κ2) is 8.91. The van der Waals surface area contributed by atoms with E-state index in [1.165, 1.54) is 27.9 Å². The molecule has 0 saturated carbocycles. The van der Waals surface area contributed by atoms with Crippen molar-refractivity contribution in [1.29, 1.82) is 0 Å². The number of anilines is 3. The van der Waals surface area contributed by atoms with Gasteiger partial charge in [-0.3, -0.25) is 0 Å². The monoisotopic (exact) mass is 382 g/mol. The number of hydrogen-bond acceptors (Lipinski definition) is 5. The highest BCUT2D eigenvalue weighted by Gasteiger charge is 2.26. The van der Waals surface area contributed by atoms with Crippen molar-refractivity contribution in [2.45, 2.75) is 67.6 Å². The predicted molar refractivity (Wildman–Crippen MR) is 117 cm³/mol. The lowest BCUT2D eigenvalue weighted by atomic mass is 10.0. The van der Waals surface area contributed by atoms with Crippen molar-refractivity contribution in [2.75, 3.05) is 29.4 Å². The molecule has 0 amide bonds. The van der Waals surface area contributed by atoms with Crippen LogP contribution in [-0.4, -0.2) is 29.6 Å². The first-order valence-corrected chi connectivity index (χ1v) is 10.6. The lowest BCUT2D eigenvalue weighted by Crippen LogP contribution is -2.29. The molecule has 1 aliphatic heterocycles.